The van der Waals surface area contributed by atoms with Crippen molar-refractivity contribution in [1.29, 1.82) is 0 Å². The highest BCUT2D eigenvalue weighted by atomic mass is 19.4. The molecule has 4 atom stereocenters. The molecule has 3 aliphatic carbocycles. The molecule has 2 saturated carbocycles. The SMILES string of the molecule is CCn1cc(Nc2ncc(C(F)(F)F)c(N[C@H]3[C@@H](C(=O)NC4CC4)[C@H]4C=C[C@H]3C4)n2)cn1. The van der Waals surface area contributed by atoms with Crippen LogP contribution in [0.5, 0.6) is 0 Å². The lowest BCUT2D eigenvalue weighted by molar-refractivity contribution is -0.137. The fraction of sp³-hybridized carbons (Fsp3) is 0.524. The predicted molar refractivity (Wildman–Crippen MR) is 111 cm³/mol. The first-order chi connectivity index (χ1) is 15.3. The predicted octanol–water partition coefficient (Wildman–Crippen LogP) is 3.34. The van der Waals surface area contributed by atoms with Gasteiger partial charge in [0.15, 0.2) is 0 Å². The number of alkyl halides is 3. The number of rotatable bonds is 7. The Morgan fingerprint density at radius 2 is 2.00 bits per heavy atom. The molecule has 3 N–H and O–H groups in total. The van der Waals surface area contributed by atoms with Crippen LogP contribution in [0.15, 0.2) is 30.7 Å². The molecule has 11 heteroatoms. The highest BCUT2D eigenvalue weighted by Gasteiger charge is 2.50. The number of aryl methyl sites for hydroxylation is 1. The molecule has 5 rings (SSSR count). The largest absolute Gasteiger partial charge is 0.421 e. The molecule has 2 aromatic heterocycles. The van der Waals surface area contributed by atoms with Crippen molar-refractivity contribution < 1.29 is 18.0 Å². The molecule has 0 aromatic carbocycles. The Balaban J connectivity index is 1.42. The van der Waals surface area contributed by atoms with E-state index >= 15 is 0 Å². The van der Waals surface area contributed by atoms with Crippen molar-refractivity contribution in [3.05, 3.63) is 36.3 Å². The Morgan fingerprint density at radius 1 is 1.22 bits per heavy atom. The Labute approximate surface area is 182 Å². The monoisotopic (exact) mass is 447 g/mol. The summed E-state index contributed by atoms with van der Waals surface area (Å²) in [6.45, 7) is 2.58. The summed E-state index contributed by atoms with van der Waals surface area (Å²) >= 11 is 0. The lowest BCUT2D eigenvalue weighted by atomic mass is 9.88. The van der Waals surface area contributed by atoms with Gasteiger partial charge >= 0.3 is 6.18 Å². The maximum absolute atomic E-state index is 13.7. The van der Waals surface area contributed by atoms with Gasteiger partial charge in [-0.3, -0.25) is 9.48 Å². The van der Waals surface area contributed by atoms with Gasteiger partial charge in [-0.15, -0.1) is 0 Å². The van der Waals surface area contributed by atoms with Crippen molar-refractivity contribution in [2.75, 3.05) is 10.6 Å². The van der Waals surface area contributed by atoms with Crippen LogP contribution < -0.4 is 16.0 Å². The zero-order chi connectivity index (χ0) is 22.5. The van der Waals surface area contributed by atoms with E-state index in [9.17, 15) is 18.0 Å². The third-order valence-corrected chi connectivity index (χ3v) is 6.30. The second-order valence-corrected chi connectivity index (χ2v) is 8.59. The summed E-state index contributed by atoms with van der Waals surface area (Å²) in [5.41, 5.74) is -0.387. The summed E-state index contributed by atoms with van der Waals surface area (Å²) in [5, 5.41) is 13.0. The first kappa shape index (κ1) is 20.8. The van der Waals surface area contributed by atoms with Crippen molar-refractivity contribution in [2.24, 2.45) is 17.8 Å². The van der Waals surface area contributed by atoms with Crippen molar-refractivity contribution in [1.82, 2.24) is 25.1 Å². The number of nitrogens with one attached hydrogen (secondary N) is 3. The fourth-order valence-corrected chi connectivity index (χ4v) is 4.55. The van der Waals surface area contributed by atoms with E-state index in [1.807, 2.05) is 19.1 Å². The van der Waals surface area contributed by atoms with Gasteiger partial charge in [0.1, 0.15) is 11.4 Å². The van der Waals surface area contributed by atoms with Crippen LogP contribution in [0, 0.1) is 17.8 Å². The van der Waals surface area contributed by atoms with Gasteiger partial charge in [0.05, 0.1) is 17.8 Å². The highest BCUT2D eigenvalue weighted by Crippen LogP contribution is 2.46. The van der Waals surface area contributed by atoms with E-state index in [-0.39, 0.29) is 35.6 Å². The van der Waals surface area contributed by atoms with Gasteiger partial charge in [0.2, 0.25) is 11.9 Å². The Morgan fingerprint density at radius 3 is 2.69 bits per heavy atom. The number of aromatic nitrogens is 4. The minimum absolute atomic E-state index is 0.0184. The van der Waals surface area contributed by atoms with Crippen LogP contribution >= 0.6 is 0 Å². The molecule has 0 unspecified atom stereocenters. The van der Waals surface area contributed by atoms with Crippen LogP contribution in [-0.4, -0.2) is 37.7 Å². The standard InChI is InChI=1S/C21H24F3N7O/c1-2-31-10-14(8-26-31)28-20-25-9-15(21(22,23)24)18(30-20)29-17-12-4-3-11(7-12)16(17)19(32)27-13-5-6-13/h3-4,8-13,16-17H,2,5-7H2,1H3,(H,27,32)(H2,25,28,29,30)/t11-,12-,16-,17+/m0/s1. The number of fused-ring (bicyclic) bond motifs is 2. The topological polar surface area (TPSA) is 96.8 Å². The van der Waals surface area contributed by atoms with E-state index in [2.05, 4.69) is 31.0 Å². The van der Waals surface area contributed by atoms with Crippen molar-refractivity contribution in [3.8, 4) is 0 Å². The smallest absolute Gasteiger partial charge is 0.365 e. The van der Waals surface area contributed by atoms with Gasteiger partial charge in [0.25, 0.3) is 0 Å². The van der Waals surface area contributed by atoms with Gasteiger partial charge in [-0.05, 0) is 38.0 Å². The summed E-state index contributed by atoms with van der Waals surface area (Å²) in [6, 6.07) is -0.272. The Bertz CT molecular complexity index is 1050. The number of nitrogens with zero attached hydrogens (tertiary/aromatic N) is 4. The molecule has 2 heterocycles. The van der Waals surface area contributed by atoms with Crippen LogP contribution in [0.25, 0.3) is 0 Å². The Kier molecular flexibility index (Phi) is 5.06. The molecule has 32 heavy (non-hydrogen) atoms. The van der Waals surface area contributed by atoms with Crippen molar-refractivity contribution >= 4 is 23.4 Å². The number of hydrogen-bond donors (Lipinski definition) is 3. The first-order valence-electron chi connectivity index (χ1n) is 10.8. The lowest BCUT2D eigenvalue weighted by Crippen LogP contribution is -2.44. The lowest BCUT2D eigenvalue weighted by Gasteiger charge is -2.29. The average Bonchev–Trinajstić information content (AvgIpc) is 3.13. The molecule has 170 valence electrons. The summed E-state index contributed by atoms with van der Waals surface area (Å²) in [5.74, 6) is -0.840. The van der Waals surface area contributed by atoms with Crippen molar-refractivity contribution in [2.45, 2.75) is 51.0 Å². The van der Waals surface area contributed by atoms with E-state index < -0.39 is 23.7 Å². The van der Waals surface area contributed by atoms with Crippen LogP contribution in [0.2, 0.25) is 0 Å². The summed E-state index contributed by atoms with van der Waals surface area (Å²) < 4.78 is 42.8. The number of allylic oxidation sites excluding steroid dienone is 1. The van der Waals surface area contributed by atoms with Crippen LogP contribution in [0.3, 0.4) is 0 Å². The first-order valence-corrected chi connectivity index (χ1v) is 10.8. The Hall–Kier alpha value is -3.11. The molecule has 0 radical (unpaired) electrons. The summed E-state index contributed by atoms with van der Waals surface area (Å²) in [7, 11) is 0. The number of carbonyl (C=O) groups is 1. The van der Waals surface area contributed by atoms with E-state index in [4.69, 9.17) is 0 Å². The molecular formula is C21H24F3N7O. The summed E-state index contributed by atoms with van der Waals surface area (Å²) in [4.78, 5) is 20.8. The van der Waals surface area contributed by atoms with Crippen molar-refractivity contribution in [3.63, 3.8) is 0 Å². The molecule has 3 aliphatic rings. The minimum Gasteiger partial charge on any atom is -0.365 e. The second kappa shape index (κ2) is 7.79. The third-order valence-electron chi connectivity index (χ3n) is 6.30. The molecule has 8 nitrogen and oxygen atoms in total. The van der Waals surface area contributed by atoms with Crippen LogP contribution in [-0.2, 0) is 17.5 Å². The molecule has 0 saturated heterocycles. The highest BCUT2D eigenvalue weighted by molar-refractivity contribution is 5.82. The maximum Gasteiger partial charge on any atom is 0.421 e. The molecule has 2 fully saturated rings. The summed E-state index contributed by atoms with van der Waals surface area (Å²) in [6.07, 6.45) is 6.04. The van der Waals surface area contributed by atoms with Gasteiger partial charge in [-0.1, -0.05) is 12.2 Å². The molecule has 0 aliphatic heterocycles. The van der Waals surface area contributed by atoms with Gasteiger partial charge < -0.3 is 16.0 Å². The van der Waals surface area contributed by atoms with Crippen LogP contribution in [0.1, 0.15) is 31.7 Å². The quantitative estimate of drug-likeness (QED) is 0.564. The second-order valence-electron chi connectivity index (χ2n) is 8.59. The van der Waals surface area contributed by atoms with Gasteiger partial charge in [-0.25, -0.2) is 4.98 Å². The maximum atomic E-state index is 13.7. The van der Waals surface area contributed by atoms with Gasteiger partial charge in [0, 0.05) is 31.0 Å². The molecule has 2 aromatic rings. The van der Waals surface area contributed by atoms with E-state index in [0.717, 1.165) is 25.5 Å². The zero-order valence-electron chi connectivity index (χ0n) is 17.4. The number of amides is 1. The fourth-order valence-electron chi connectivity index (χ4n) is 4.55. The van der Waals surface area contributed by atoms with Gasteiger partial charge in [-0.2, -0.15) is 23.3 Å². The molecule has 2 bridgehead atoms. The van der Waals surface area contributed by atoms with E-state index in [1.54, 1.807) is 17.1 Å². The zero-order valence-corrected chi connectivity index (χ0v) is 17.4. The number of hydrogen-bond acceptors (Lipinski definition) is 6. The number of carbonyl (C=O) groups excluding carboxylic acids is 1. The molecule has 1 amide bonds. The normalized spacial score (nSPS) is 26.4. The molecule has 0 spiro atoms. The number of halogens is 3. The van der Waals surface area contributed by atoms with Crippen LogP contribution in [0.4, 0.5) is 30.6 Å². The molecular weight excluding hydrogens is 423 g/mol. The average molecular weight is 447 g/mol. The van der Waals surface area contributed by atoms with E-state index in [1.165, 1.54) is 0 Å². The minimum atomic E-state index is -4.63. The number of anilines is 3. The third kappa shape index (κ3) is 4.03. The van der Waals surface area contributed by atoms with E-state index in [0.29, 0.717) is 12.2 Å².